The zero-order valence-corrected chi connectivity index (χ0v) is 47.5. The predicted molar refractivity (Wildman–Crippen MR) is 278 cm³/mol. The molecule has 0 aromatic heterocycles. The molecule has 4 aliphatic heterocycles. The zero-order chi connectivity index (χ0) is 52.4. The Labute approximate surface area is 421 Å². The van der Waals surface area contributed by atoms with Crippen LogP contribution in [0.15, 0.2) is 0 Å². The number of esters is 2. The van der Waals surface area contributed by atoms with Crippen LogP contribution < -0.4 is 5.32 Å². The lowest BCUT2D eigenvalue weighted by atomic mass is 9.72. The van der Waals surface area contributed by atoms with Crippen LogP contribution in [0.2, 0.25) is 0 Å². The molecule has 0 aliphatic carbocycles. The Morgan fingerprint density at radius 1 is 0.406 bits per heavy atom. The molecular weight excluding hydrogens is 869 g/mol. The summed E-state index contributed by atoms with van der Waals surface area (Å²) in [5.74, 6) is 0.826. The summed E-state index contributed by atoms with van der Waals surface area (Å²) in [5.41, 5.74) is -1.47. The monoisotopic (exact) mass is 975 g/mol. The van der Waals surface area contributed by atoms with E-state index in [0.717, 1.165) is 109 Å². The highest BCUT2D eigenvalue weighted by Gasteiger charge is 2.48. The van der Waals surface area contributed by atoms with Gasteiger partial charge in [-0.2, -0.15) is 10.1 Å². The van der Waals surface area contributed by atoms with Gasteiger partial charge in [-0.25, -0.2) is 0 Å². The lowest BCUT2D eigenvalue weighted by Gasteiger charge is -2.53. The molecule has 4 aliphatic rings. The van der Waals surface area contributed by atoms with E-state index < -0.39 is 11.1 Å². The van der Waals surface area contributed by atoms with Crippen molar-refractivity contribution in [2.45, 2.75) is 321 Å². The molecule has 0 saturated carbocycles. The van der Waals surface area contributed by atoms with Crippen LogP contribution in [0.4, 0.5) is 0 Å². The van der Waals surface area contributed by atoms with Crippen LogP contribution in [0.5, 0.6) is 0 Å². The first kappa shape index (κ1) is 61.3. The summed E-state index contributed by atoms with van der Waals surface area (Å²) in [6, 6.07) is 0. The summed E-state index contributed by atoms with van der Waals surface area (Å²) < 4.78 is 11.6. The number of carbonyl (C=O) groups is 4. The molecule has 0 bridgehead atoms. The molecule has 4 saturated heterocycles. The number of likely N-dealkylation sites (tertiary alicyclic amines) is 1. The molecular formula is C57H106N4O8. The second-order valence-electron chi connectivity index (χ2n) is 27.4. The van der Waals surface area contributed by atoms with Crippen LogP contribution in [0.3, 0.4) is 0 Å². The van der Waals surface area contributed by atoms with E-state index in [1.54, 1.807) is 0 Å². The van der Waals surface area contributed by atoms with Gasteiger partial charge < -0.3 is 25.2 Å². The Kier molecular flexibility index (Phi) is 22.1. The molecule has 12 heteroatoms. The van der Waals surface area contributed by atoms with Gasteiger partial charge in [0.2, 0.25) is 0 Å². The zero-order valence-electron chi connectivity index (χ0n) is 47.5. The minimum absolute atomic E-state index is 0.00613. The van der Waals surface area contributed by atoms with Crippen LogP contribution in [-0.4, -0.2) is 113 Å². The summed E-state index contributed by atoms with van der Waals surface area (Å²) in [6.45, 7) is 33.7. The number of Topliss-reactive ketones (excluding diaryl/α,β-unsaturated/α-hetero) is 2. The van der Waals surface area contributed by atoms with Gasteiger partial charge in [0.1, 0.15) is 23.8 Å². The van der Waals surface area contributed by atoms with E-state index in [4.69, 9.17) is 9.47 Å². The molecule has 4 fully saturated rings. The molecule has 0 unspecified atom stereocenters. The standard InChI is InChI=1S/C29H54N2O3.C28H52N2O5/c1-26(2)20-23(21-27(3,4)30-26)34-25(33)17-15-13-11-10-12-14-16-24(32)22-18-28(5,6)31(9)29(7,8)19-22;1-25(2)17-21(18-26(3,4)29(25)33)23(31)15-13-11-9-10-12-14-16-24(32)35-22-19-27(5,6)30(34)28(7,8)20-22/h22-23,30H,10-21H2,1-9H3;21-22,33-34H,9-20H2,1-8H3. The van der Waals surface area contributed by atoms with E-state index in [1.165, 1.54) is 10.1 Å². The van der Waals surface area contributed by atoms with Gasteiger partial charge in [-0.1, -0.05) is 51.4 Å². The van der Waals surface area contributed by atoms with Crippen molar-refractivity contribution in [3.8, 4) is 0 Å². The molecule has 4 rings (SSSR count). The molecule has 0 spiro atoms. The number of ether oxygens (including phenoxy) is 2. The summed E-state index contributed by atoms with van der Waals surface area (Å²) in [5, 5.41) is 27.3. The number of carbonyl (C=O) groups excluding carboxylic acids is 4. The van der Waals surface area contributed by atoms with Crippen LogP contribution in [0.25, 0.3) is 0 Å². The number of rotatable bonds is 22. The van der Waals surface area contributed by atoms with Crippen molar-refractivity contribution in [2.24, 2.45) is 11.8 Å². The third kappa shape index (κ3) is 19.4. The van der Waals surface area contributed by atoms with Gasteiger partial charge in [0.25, 0.3) is 0 Å². The van der Waals surface area contributed by atoms with E-state index in [0.29, 0.717) is 56.5 Å². The lowest BCUT2D eigenvalue weighted by molar-refractivity contribution is -0.259. The van der Waals surface area contributed by atoms with Crippen molar-refractivity contribution < 1.29 is 39.1 Å². The molecule has 0 aromatic rings. The number of piperidine rings is 4. The summed E-state index contributed by atoms with van der Waals surface area (Å²) >= 11 is 0. The molecule has 402 valence electrons. The van der Waals surface area contributed by atoms with E-state index >= 15 is 0 Å². The second kappa shape index (κ2) is 24.8. The highest BCUT2D eigenvalue weighted by Crippen LogP contribution is 2.43. The van der Waals surface area contributed by atoms with Crippen molar-refractivity contribution in [3.63, 3.8) is 0 Å². The first-order chi connectivity index (χ1) is 31.5. The number of ketones is 2. The molecule has 0 radical (unpaired) electrons. The van der Waals surface area contributed by atoms with Gasteiger partial charge in [0.15, 0.2) is 0 Å². The fourth-order valence-electron chi connectivity index (χ4n) is 13.1. The van der Waals surface area contributed by atoms with Crippen LogP contribution in [-0.2, 0) is 28.7 Å². The molecule has 0 amide bonds. The third-order valence-electron chi connectivity index (χ3n) is 16.3. The van der Waals surface area contributed by atoms with Gasteiger partial charge >= 0.3 is 11.9 Å². The summed E-state index contributed by atoms with van der Waals surface area (Å²) in [4.78, 5) is 52.7. The number of nitrogens with zero attached hydrogens (tertiary/aromatic N) is 3. The Bertz CT molecular complexity index is 1600. The maximum atomic E-state index is 12.9. The fourth-order valence-corrected chi connectivity index (χ4v) is 13.1. The van der Waals surface area contributed by atoms with Gasteiger partial charge in [-0.3, -0.25) is 24.1 Å². The van der Waals surface area contributed by atoms with E-state index in [-0.39, 0.29) is 69.2 Å². The number of unbranched alkanes of at least 4 members (excludes halogenated alkanes) is 10. The van der Waals surface area contributed by atoms with Crippen molar-refractivity contribution in [1.29, 1.82) is 0 Å². The number of nitrogens with one attached hydrogen (secondary N) is 1. The van der Waals surface area contributed by atoms with Gasteiger partial charge in [0, 0.05) is 108 Å². The smallest absolute Gasteiger partial charge is 0.306 e. The van der Waals surface area contributed by atoms with Crippen molar-refractivity contribution >= 4 is 23.5 Å². The summed E-state index contributed by atoms with van der Waals surface area (Å²) in [7, 11) is 2.19. The Morgan fingerprint density at radius 2 is 0.667 bits per heavy atom. The topological polar surface area (TPSA) is 149 Å². The predicted octanol–water partition coefficient (Wildman–Crippen LogP) is 12.7. The quantitative estimate of drug-likeness (QED) is 0.0700. The number of hydrogen-bond acceptors (Lipinski definition) is 12. The van der Waals surface area contributed by atoms with Crippen LogP contribution >= 0.6 is 0 Å². The third-order valence-corrected chi connectivity index (χ3v) is 16.3. The number of hydrogen-bond donors (Lipinski definition) is 3. The first-order valence-corrected chi connectivity index (χ1v) is 27.5. The Morgan fingerprint density at radius 3 is 1.00 bits per heavy atom. The molecule has 69 heavy (non-hydrogen) atoms. The fraction of sp³-hybridized carbons (Fsp3) is 0.930. The molecule has 3 N–H and O–H groups in total. The van der Waals surface area contributed by atoms with Gasteiger partial charge in [0.05, 0.1) is 0 Å². The van der Waals surface area contributed by atoms with E-state index in [9.17, 15) is 29.6 Å². The highest BCUT2D eigenvalue weighted by molar-refractivity contribution is 5.82. The molecule has 0 atom stereocenters. The molecule has 0 aromatic carbocycles. The van der Waals surface area contributed by atoms with Crippen LogP contribution in [0.1, 0.15) is 265 Å². The van der Waals surface area contributed by atoms with E-state index in [1.807, 2.05) is 55.4 Å². The largest absolute Gasteiger partial charge is 0.462 e. The minimum Gasteiger partial charge on any atom is -0.462 e. The van der Waals surface area contributed by atoms with E-state index in [2.05, 4.69) is 72.7 Å². The first-order valence-electron chi connectivity index (χ1n) is 27.5. The second-order valence-corrected chi connectivity index (χ2v) is 27.4. The van der Waals surface area contributed by atoms with Gasteiger partial charge in [-0.15, -0.1) is 0 Å². The van der Waals surface area contributed by atoms with Gasteiger partial charge in [-0.05, 0) is 169 Å². The normalized spacial score (nSPS) is 24.7. The lowest BCUT2D eigenvalue weighted by Crippen LogP contribution is -2.60. The Balaban J connectivity index is 0.000000365. The van der Waals surface area contributed by atoms with Crippen LogP contribution in [0, 0.1) is 11.8 Å². The summed E-state index contributed by atoms with van der Waals surface area (Å²) in [6.07, 6.45) is 20.7. The average molecular weight is 975 g/mol. The Hall–Kier alpha value is -1.96. The highest BCUT2D eigenvalue weighted by atomic mass is 16.6. The maximum absolute atomic E-state index is 12.9. The maximum Gasteiger partial charge on any atom is 0.306 e. The van der Waals surface area contributed by atoms with Crippen molar-refractivity contribution in [3.05, 3.63) is 0 Å². The average Bonchev–Trinajstić information content (AvgIpc) is 3.18. The number of hydroxylamine groups is 4. The molecule has 12 nitrogen and oxygen atoms in total. The SMILES string of the molecule is CC1(C)CC(OC(=O)CCCCCCCCC(=O)C2CC(C)(C)N(O)C(C)(C)C2)CC(C)(C)N1O.CN1C(C)(C)CC(C(=O)CCCCCCCCC(=O)OC2CC(C)(C)NC(C)(C)C2)CC1(C)C. The minimum atomic E-state index is -0.420. The van der Waals surface area contributed by atoms with Crippen molar-refractivity contribution in [1.82, 2.24) is 20.3 Å². The molecule has 4 heterocycles. The van der Waals surface area contributed by atoms with Crippen molar-refractivity contribution in [2.75, 3.05) is 7.05 Å².